The lowest BCUT2D eigenvalue weighted by Gasteiger charge is -2.20. The number of para-hydroxylation sites is 2. The Kier molecular flexibility index (Phi) is 6.60. The Morgan fingerprint density at radius 3 is 2.64 bits per heavy atom. The smallest absolute Gasteiger partial charge is 0.262 e. The van der Waals surface area contributed by atoms with Crippen molar-refractivity contribution in [3.63, 3.8) is 0 Å². The summed E-state index contributed by atoms with van der Waals surface area (Å²) in [6, 6.07) is 12.7. The van der Waals surface area contributed by atoms with E-state index < -0.39 is 11.7 Å². The molecule has 2 unspecified atom stereocenters. The van der Waals surface area contributed by atoms with E-state index in [0.717, 1.165) is 19.3 Å². The van der Waals surface area contributed by atoms with E-state index in [4.69, 9.17) is 10.5 Å². The standard InChI is InChI=1S/C21H24FN3O3/c22-16-8-2-3-9-18(16)24-20(26)13-28-19-11-4-1-7-15(19)21(27)25-17-10-5-6-14(17)12-23/h1-4,7-9,11,14,17H,5-6,10,12-13,23H2,(H,24,26)(H,25,27). The molecule has 6 nitrogen and oxygen atoms in total. The van der Waals surface area contributed by atoms with Gasteiger partial charge in [-0.3, -0.25) is 9.59 Å². The third-order valence-corrected chi connectivity index (χ3v) is 4.92. The molecule has 2 amide bonds. The maximum Gasteiger partial charge on any atom is 0.262 e. The molecule has 2 aromatic rings. The van der Waals surface area contributed by atoms with Crippen LogP contribution in [0.15, 0.2) is 48.5 Å². The highest BCUT2D eigenvalue weighted by Gasteiger charge is 2.28. The molecule has 0 bridgehead atoms. The van der Waals surface area contributed by atoms with Gasteiger partial charge in [-0.15, -0.1) is 0 Å². The molecule has 0 saturated heterocycles. The predicted molar refractivity (Wildman–Crippen MR) is 105 cm³/mol. The summed E-state index contributed by atoms with van der Waals surface area (Å²) in [7, 11) is 0. The summed E-state index contributed by atoms with van der Waals surface area (Å²) in [5, 5.41) is 5.47. The topological polar surface area (TPSA) is 93.4 Å². The van der Waals surface area contributed by atoms with Gasteiger partial charge < -0.3 is 21.1 Å². The molecule has 3 rings (SSSR count). The number of carbonyl (C=O) groups is 2. The number of nitrogens with two attached hydrogens (primary N) is 1. The Morgan fingerprint density at radius 1 is 1.11 bits per heavy atom. The van der Waals surface area contributed by atoms with E-state index in [9.17, 15) is 14.0 Å². The van der Waals surface area contributed by atoms with Gasteiger partial charge in [-0.05, 0) is 49.6 Å². The van der Waals surface area contributed by atoms with Crippen LogP contribution in [0, 0.1) is 11.7 Å². The summed E-state index contributed by atoms with van der Waals surface area (Å²) >= 11 is 0. The van der Waals surface area contributed by atoms with E-state index in [-0.39, 0.29) is 30.2 Å². The second-order valence-corrected chi connectivity index (χ2v) is 6.82. The van der Waals surface area contributed by atoms with Crippen molar-refractivity contribution >= 4 is 17.5 Å². The molecular formula is C21H24FN3O3. The number of amides is 2. The minimum absolute atomic E-state index is 0.0508. The van der Waals surface area contributed by atoms with Crippen molar-refractivity contribution in [2.45, 2.75) is 25.3 Å². The van der Waals surface area contributed by atoms with Gasteiger partial charge in [-0.2, -0.15) is 0 Å². The third-order valence-electron chi connectivity index (χ3n) is 4.92. The Hall–Kier alpha value is -2.93. The average Bonchev–Trinajstić information content (AvgIpc) is 3.15. The first-order chi connectivity index (χ1) is 13.6. The van der Waals surface area contributed by atoms with E-state index in [0.29, 0.717) is 17.9 Å². The Morgan fingerprint density at radius 2 is 1.86 bits per heavy atom. The second kappa shape index (κ2) is 9.32. The monoisotopic (exact) mass is 385 g/mol. The Labute approximate surface area is 163 Å². The third kappa shape index (κ3) is 4.86. The van der Waals surface area contributed by atoms with E-state index in [2.05, 4.69) is 10.6 Å². The number of halogens is 1. The zero-order valence-corrected chi connectivity index (χ0v) is 15.5. The summed E-state index contributed by atoms with van der Waals surface area (Å²) in [5.74, 6) is -0.717. The highest BCUT2D eigenvalue weighted by molar-refractivity contribution is 5.97. The molecule has 4 N–H and O–H groups in total. The van der Waals surface area contributed by atoms with Crippen LogP contribution in [-0.2, 0) is 4.79 Å². The number of carbonyl (C=O) groups excluding carboxylic acids is 2. The number of hydrogen-bond donors (Lipinski definition) is 3. The minimum atomic E-state index is -0.526. The molecule has 2 atom stereocenters. The minimum Gasteiger partial charge on any atom is -0.483 e. The normalized spacial score (nSPS) is 18.5. The molecule has 7 heteroatoms. The van der Waals surface area contributed by atoms with Crippen molar-refractivity contribution in [2.24, 2.45) is 11.7 Å². The highest BCUT2D eigenvalue weighted by Crippen LogP contribution is 2.26. The van der Waals surface area contributed by atoms with Crippen molar-refractivity contribution in [1.82, 2.24) is 5.32 Å². The Balaban J connectivity index is 1.61. The molecule has 0 heterocycles. The zero-order valence-electron chi connectivity index (χ0n) is 15.5. The maximum atomic E-state index is 13.6. The van der Waals surface area contributed by atoms with Crippen LogP contribution in [0.3, 0.4) is 0 Å². The van der Waals surface area contributed by atoms with Crippen LogP contribution in [0.5, 0.6) is 5.75 Å². The molecule has 1 saturated carbocycles. The van der Waals surface area contributed by atoms with Gasteiger partial charge in [0, 0.05) is 6.04 Å². The predicted octanol–water partition coefficient (Wildman–Crippen LogP) is 2.70. The molecule has 0 radical (unpaired) electrons. The van der Waals surface area contributed by atoms with Crippen LogP contribution in [0.4, 0.5) is 10.1 Å². The number of ether oxygens (including phenoxy) is 1. The SMILES string of the molecule is NCC1CCCC1NC(=O)c1ccccc1OCC(=O)Nc1ccccc1F. The lowest BCUT2D eigenvalue weighted by Crippen LogP contribution is -2.40. The fourth-order valence-corrected chi connectivity index (χ4v) is 3.43. The number of anilines is 1. The summed E-state index contributed by atoms with van der Waals surface area (Å²) in [6.45, 7) is 0.201. The van der Waals surface area contributed by atoms with E-state index in [1.165, 1.54) is 18.2 Å². The first-order valence-electron chi connectivity index (χ1n) is 9.35. The lowest BCUT2D eigenvalue weighted by molar-refractivity contribution is -0.118. The second-order valence-electron chi connectivity index (χ2n) is 6.82. The fraction of sp³-hybridized carbons (Fsp3) is 0.333. The molecule has 1 fully saturated rings. The van der Waals surface area contributed by atoms with Gasteiger partial charge in [-0.1, -0.05) is 30.7 Å². The van der Waals surface area contributed by atoms with Crippen LogP contribution in [0.25, 0.3) is 0 Å². The molecule has 148 valence electrons. The Bertz CT molecular complexity index is 843. The van der Waals surface area contributed by atoms with Gasteiger partial charge >= 0.3 is 0 Å². The summed E-state index contributed by atoms with van der Waals surface area (Å²) in [5.41, 5.74) is 6.21. The van der Waals surface area contributed by atoms with Gasteiger partial charge in [-0.25, -0.2) is 4.39 Å². The van der Waals surface area contributed by atoms with Crippen molar-refractivity contribution in [2.75, 3.05) is 18.5 Å². The average molecular weight is 385 g/mol. The maximum absolute atomic E-state index is 13.6. The van der Waals surface area contributed by atoms with E-state index in [1.54, 1.807) is 30.3 Å². The van der Waals surface area contributed by atoms with Gasteiger partial charge in [0.1, 0.15) is 11.6 Å². The van der Waals surface area contributed by atoms with Crippen molar-refractivity contribution in [1.29, 1.82) is 0 Å². The van der Waals surface area contributed by atoms with Crippen LogP contribution in [0.1, 0.15) is 29.6 Å². The molecule has 1 aliphatic rings. The quantitative estimate of drug-likeness (QED) is 0.683. The van der Waals surface area contributed by atoms with Crippen molar-refractivity contribution in [3.05, 3.63) is 59.9 Å². The van der Waals surface area contributed by atoms with Crippen molar-refractivity contribution in [3.8, 4) is 5.75 Å². The first-order valence-corrected chi connectivity index (χ1v) is 9.35. The molecular weight excluding hydrogens is 361 g/mol. The summed E-state index contributed by atoms with van der Waals surface area (Å²) < 4.78 is 19.2. The largest absolute Gasteiger partial charge is 0.483 e. The lowest BCUT2D eigenvalue weighted by atomic mass is 10.0. The van der Waals surface area contributed by atoms with Crippen LogP contribution < -0.4 is 21.1 Å². The molecule has 1 aliphatic carbocycles. The van der Waals surface area contributed by atoms with Gasteiger partial charge in [0.2, 0.25) is 0 Å². The van der Waals surface area contributed by atoms with E-state index >= 15 is 0 Å². The van der Waals surface area contributed by atoms with Gasteiger partial charge in [0.05, 0.1) is 11.3 Å². The molecule has 0 aromatic heterocycles. The number of nitrogens with one attached hydrogen (secondary N) is 2. The molecule has 0 aliphatic heterocycles. The zero-order chi connectivity index (χ0) is 19.9. The van der Waals surface area contributed by atoms with E-state index in [1.807, 2.05) is 0 Å². The molecule has 2 aromatic carbocycles. The summed E-state index contributed by atoms with van der Waals surface area (Å²) in [6.07, 6.45) is 2.96. The number of benzene rings is 2. The molecule has 28 heavy (non-hydrogen) atoms. The molecule has 0 spiro atoms. The highest BCUT2D eigenvalue weighted by atomic mass is 19.1. The fourth-order valence-electron chi connectivity index (χ4n) is 3.43. The van der Waals surface area contributed by atoms with Gasteiger partial charge in [0.25, 0.3) is 11.8 Å². The van der Waals surface area contributed by atoms with Crippen LogP contribution in [-0.4, -0.2) is 31.0 Å². The van der Waals surface area contributed by atoms with Crippen molar-refractivity contribution < 1.29 is 18.7 Å². The van der Waals surface area contributed by atoms with Crippen LogP contribution in [0.2, 0.25) is 0 Å². The van der Waals surface area contributed by atoms with Gasteiger partial charge in [0.15, 0.2) is 6.61 Å². The number of rotatable bonds is 7. The summed E-state index contributed by atoms with van der Waals surface area (Å²) in [4.78, 5) is 24.7. The van der Waals surface area contributed by atoms with Crippen LogP contribution >= 0.6 is 0 Å². The number of hydrogen-bond acceptors (Lipinski definition) is 4. The first kappa shape index (κ1) is 19.8.